The quantitative estimate of drug-likeness (QED) is 0.683. The molecule has 1 atom stereocenters. The summed E-state index contributed by atoms with van der Waals surface area (Å²) in [4.78, 5) is 11.6. The number of rotatable bonds is 4. The van der Waals surface area contributed by atoms with Crippen molar-refractivity contribution in [3.8, 4) is 12.3 Å². The summed E-state index contributed by atoms with van der Waals surface area (Å²) in [6.07, 6.45) is 5.12. The van der Waals surface area contributed by atoms with Gasteiger partial charge in [0.05, 0.1) is 18.1 Å². The number of hydrogen-bond acceptors (Lipinski definition) is 3. The Labute approximate surface area is 107 Å². The summed E-state index contributed by atoms with van der Waals surface area (Å²) in [5.41, 5.74) is 0.584. The maximum absolute atomic E-state index is 13.1. The minimum absolute atomic E-state index is 0.217. The third kappa shape index (κ3) is 3.55. The first kappa shape index (κ1) is 13.7. The van der Waals surface area contributed by atoms with Gasteiger partial charge in [0.25, 0.3) is 0 Å². The van der Waals surface area contributed by atoms with Crippen molar-refractivity contribution in [2.75, 3.05) is 13.7 Å². The first-order valence-corrected chi connectivity index (χ1v) is 5.59. The van der Waals surface area contributed by atoms with Crippen LogP contribution in [0.2, 0.25) is 0 Å². The lowest BCUT2D eigenvalue weighted by atomic mass is 10.1. The monoisotopic (exact) mass is 299 g/mol. The standard InChI is InChI=1S/C12H11BrFNO2/c1-3-6-15-11(12(16)17-2)8-4-5-10(14)9(13)7-8/h1,4-5,7,11,15H,6H2,2H3. The molecule has 1 aromatic carbocycles. The minimum atomic E-state index is -0.701. The summed E-state index contributed by atoms with van der Waals surface area (Å²) in [7, 11) is 1.28. The lowest BCUT2D eigenvalue weighted by Crippen LogP contribution is -2.29. The van der Waals surface area contributed by atoms with Crippen molar-refractivity contribution in [2.24, 2.45) is 0 Å². The van der Waals surface area contributed by atoms with E-state index in [0.717, 1.165) is 0 Å². The smallest absolute Gasteiger partial charge is 0.327 e. The van der Waals surface area contributed by atoms with E-state index in [9.17, 15) is 9.18 Å². The number of carbonyl (C=O) groups excluding carboxylic acids is 1. The molecular weight excluding hydrogens is 289 g/mol. The predicted molar refractivity (Wildman–Crippen MR) is 65.7 cm³/mol. The normalized spacial score (nSPS) is 11.6. The maximum Gasteiger partial charge on any atom is 0.327 e. The second kappa shape index (κ2) is 6.38. The van der Waals surface area contributed by atoms with Crippen molar-refractivity contribution in [2.45, 2.75) is 6.04 Å². The number of ether oxygens (including phenoxy) is 1. The number of esters is 1. The molecule has 0 aliphatic carbocycles. The molecule has 0 saturated carbocycles. The Morgan fingerprint density at radius 3 is 2.94 bits per heavy atom. The van der Waals surface area contributed by atoms with Crippen LogP contribution in [-0.2, 0) is 9.53 Å². The first-order valence-electron chi connectivity index (χ1n) is 4.79. The van der Waals surface area contributed by atoms with Crippen LogP contribution in [0.4, 0.5) is 4.39 Å². The second-order valence-corrected chi connectivity index (χ2v) is 4.07. The molecule has 1 aromatic rings. The number of carbonyl (C=O) groups is 1. The average Bonchev–Trinajstić information content (AvgIpc) is 2.33. The Kier molecular flexibility index (Phi) is 5.13. The van der Waals surface area contributed by atoms with E-state index in [1.807, 2.05) is 0 Å². The highest BCUT2D eigenvalue weighted by Crippen LogP contribution is 2.22. The highest BCUT2D eigenvalue weighted by Gasteiger charge is 2.21. The fraction of sp³-hybridized carbons (Fsp3) is 0.250. The second-order valence-electron chi connectivity index (χ2n) is 3.21. The Morgan fingerprint density at radius 2 is 2.41 bits per heavy atom. The van der Waals surface area contributed by atoms with Gasteiger partial charge >= 0.3 is 5.97 Å². The van der Waals surface area contributed by atoms with E-state index in [-0.39, 0.29) is 11.0 Å². The van der Waals surface area contributed by atoms with Crippen LogP contribution >= 0.6 is 15.9 Å². The van der Waals surface area contributed by atoms with Crippen molar-refractivity contribution in [3.63, 3.8) is 0 Å². The van der Waals surface area contributed by atoms with Gasteiger partial charge < -0.3 is 4.74 Å². The van der Waals surface area contributed by atoms with Gasteiger partial charge in [0.15, 0.2) is 0 Å². The molecule has 3 nitrogen and oxygen atoms in total. The summed E-state index contributed by atoms with van der Waals surface area (Å²) in [6, 6.07) is 3.59. The fourth-order valence-electron chi connectivity index (χ4n) is 1.31. The number of nitrogens with one attached hydrogen (secondary N) is 1. The number of benzene rings is 1. The van der Waals surface area contributed by atoms with Gasteiger partial charge in [0.1, 0.15) is 11.9 Å². The lowest BCUT2D eigenvalue weighted by molar-refractivity contribution is -0.143. The number of halogens is 2. The van der Waals surface area contributed by atoms with Gasteiger partial charge in [-0.25, -0.2) is 9.18 Å². The van der Waals surface area contributed by atoms with E-state index in [2.05, 4.69) is 31.9 Å². The van der Waals surface area contributed by atoms with E-state index in [4.69, 9.17) is 6.42 Å². The molecular formula is C12H11BrFNO2. The molecule has 0 spiro atoms. The van der Waals surface area contributed by atoms with E-state index in [1.54, 1.807) is 0 Å². The number of methoxy groups -OCH3 is 1. The zero-order chi connectivity index (χ0) is 12.8. The van der Waals surface area contributed by atoms with Crippen LogP contribution in [0, 0.1) is 18.2 Å². The molecule has 0 fully saturated rings. The Hall–Kier alpha value is -1.38. The average molecular weight is 300 g/mol. The summed E-state index contributed by atoms with van der Waals surface area (Å²) < 4.78 is 18.0. The maximum atomic E-state index is 13.1. The molecule has 1 rings (SSSR count). The van der Waals surface area contributed by atoms with Gasteiger partial charge in [-0.2, -0.15) is 0 Å². The van der Waals surface area contributed by atoms with Crippen molar-refractivity contribution in [1.29, 1.82) is 0 Å². The fourth-order valence-corrected chi connectivity index (χ4v) is 1.70. The van der Waals surface area contributed by atoms with Gasteiger partial charge in [-0.15, -0.1) is 6.42 Å². The molecule has 0 bridgehead atoms. The van der Waals surface area contributed by atoms with E-state index in [1.165, 1.54) is 25.3 Å². The summed E-state index contributed by atoms with van der Waals surface area (Å²) in [5.74, 6) is 1.50. The topological polar surface area (TPSA) is 38.3 Å². The third-order valence-corrected chi connectivity index (χ3v) is 2.73. The predicted octanol–water partition coefficient (Wildman–Crippen LogP) is 2.03. The minimum Gasteiger partial charge on any atom is -0.468 e. The Balaban J connectivity index is 3.00. The molecule has 0 saturated heterocycles. The SMILES string of the molecule is C#CCNC(C(=O)OC)c1ccc(F)c(Br)c1. The molecule has 0 aliphatic rings. The Bertz CT molecular complexity index is 456. The molecule has 0 aromatic heterocycles. The van der Waals surface area contributed by atoms with E-state index >= 15 is 0 Å². The van der Waals surface area contributed by atoms with Crippen LogP contribution in [0.5, 0.6) is 0 Å². The van der Waals surface area contributed by atoms with Crippen molar-refractivity contribution < 1.29 is 13.9 Å². The van der Waals surface area contributed by atoms with Gasteiger partial charge in [-0.3, -0.25) is 5.32 Å². The molecule has 17 heavy (non-hydrogen) atoms. The van der Waals surface area contributed by atoms with Gasteiger partial charge in [-0.1, -0.05) is 12.0 Å². The van der Waals surface area contributed by atoms with Gasteiger partial charge in [-0.05, 0) is 33.6 Å². The summed E-state index contributed by atoms with van der Waals surface area (Å²) in [5, 5.41) is 2.83. The third-order valence-electron chi connectivity index (χ3n) is 2.12. The molecule has 1 N–H and O–H groups in total. The van der Waals surface area contributed by atoms with Crippen molar-refractivity contribution in [1.82, 2.24) is 5.32 Å². The molecule has 0 heterocycles. The van der Waals surface area contributed by atoms with Crippen molar-refractivity contribution >= 4 is 21.9 Å². The number of hydrogen-bond donors (Lipinski definition) is 1. The number of terminal acetylenes is 1. The van der Waals surface area contributed by atoms with Crippen LogP contribution in [0.1, 0.15) is 11.6 Å². The highest BCUT2D eigenvalue weighted by atomic mass is 79.9. The molecule has 0 aliphatic heterocycles. The zero-order valence-corrected chi connectivity index (χ0v) is 10.8. The molecule has 0 amide bonds. The van der Waals surface area contributed by atoms with Crippen LogP contribution in [0.15, 0.2) is 22.7 Å². The van der Waals surface area contributed by atoms with Crippen molar-refractivity contribution in [3.05, 3.63) is 34.1 Å². The zero-order valence-electron chi connectivity index (χ0n) is 9.17. The molecule has 5 heteroatoms. The highest BCUT2D eigenvalue weighted by molar-refractivity contribution is 9.10. The first-order chi connectivity index (χ1) is 8.10. The largest absolute Gasteiger partial charge is 0.468 e. The van der Waals surface area contributed by atoms with Gasteiger partial charge in [0.2, 0.25) is 0 Å². The van der Waals surface area contributed by atoms with Gasteiger partial charge in [0, 0.05) is 0 Å². The van der Waals surface area contributed by atoms with E-state index in [0.29, 0.717) is 5.56 Å². The van der Waals surface area contributed by atoms with Crippen LogP contribution in [0.25, 0.3) is 0 Å². The molecule has 90 valence electrons. The molecule has 0 radical (unpaired) electrons. The van der Waals surface area contributed by atoms with Crippen LogP contribution in [0.3, 0.4) is 0 Å². The molecule has 1 unspecified atom stereocenters. The van der Waals surface area contributed by atoms with E-state index < -0.39 is 17.8 Å². The lowest BCUT2D eigenvalue weighted by Gasteiger charge is -2.15. The Morgan fingerprint density at radius 1 is 1.71 bits per heavy atom. The van der Waals surface area contributed by atoms with Crippen LogP contribution in [-0.4, -0.2) is 19.6 Å². The van der Waals surface area contributed by atoms with Crippen LogP contribution < -0.4 is 5.32 Å². The summed E-state index contributed by atoms with van der Waals surface area (Å²) in [6.45, 7) is 0.217. The summed E-state index contributed by atoms with van der Waals surface area (Å²) >= 11 is 3.06.